The van der Waals surface area contributed by atoms with Gasteiger partial charge in [-0.15, -0.1) is 0 Å². The maximum atomic E-state index is 12.4. The molecule has 2 heterocycles. The minimum atomic E-state index is -3.85. The Morgan fingerprint density at radius 2 is 1.96 bits per heavy atom. The highest BCUT2D eigenvalue weighted by Crippen LogP contribution is 2.22. The molecular formula is C18H22N4O3S. The molecule has 0 aliphatic carbocycles. The predicted molar refractivity (Wildman–Crippen MR) is 101 cm³/mol. The third kappa shape index (κ3) is 4.03. The van der Waals surface area contributed by atoms with Crippen molar-refractivity contribution >= 4 is 27.4 Å². The van der Waals surface area contributed by atoms with Gasteiger partial charge < -0.3 is 10.2 Å². The number of benzene rings is 1. The number of primary sulfonamides is 1. The summed E-state index contributed by atoms with van der Waals surface area (Å²) in [7, 11) is -3.85. The molecule has 3 rings (SSSR count). The van der Waals surface area contributed by atoms with Crippen LogP contribution in [0.2, 0.25) is 0 Å². The SMILES string of the molecule is CCc1ccc(NC(=O)c2ccc(N3CCCC3)nc2)cc1S(N)(=O)=O. The van der Waals surface area contributed by atoms with Crippen LogP contribution in [0.25, 0.3) is 0 Å². The molecule has 1 amide bonds. The van der Waals surface area contributed by atoms with Gasteiger partial charge in [-0.25, -0.2) is 18.5 Å². The van der Waals surface area contributed by atoms with E-state index in [2.05, 4.69) is 15.2 Å². The second-order valence-electron chi connectivity index (χ2n) is 6.27. The number of sulfonamides is 1. The van der Waals surface area contributed by atoms with Crippen molar-refractivity contribution in [1.82, 2.24) is 4.98 Å². The smallest absolute Gasteiger partial charge is 0.257 e. The van der Waals surface area contributed by atoms with Crippen LogP contribution in [0.4, 0.5) is 11.5 Å². The van der Waals surface area contributed by atoms with E-state index in [1.54, 1.807) is 18.2 Å². The molecule has 1 aliphatic rings. The molecule has 1 aliphatic heterocycles. The number of nitrogens with one attached hydrogen (secondary N) is 1. The molecule has 3 N–H and O–H groups in total. The summed E-state index contributed by atoms with van der Waals surface area (Å²) in [5, 5.41) is 7.96. The Balaban J connectivity index is 1.77. The van der Waals surface area contributed by atoms with Crippen molar-refractivity contribution in [2.75, 3.05) is 23.3 Å². The number of nitrogens with zero attached hydrogens (tertiary/aromatic N) is 2. The van der Waals surface area contributed by atoms with Gasteiger partial charge in [0.1, 0.15) is 5.82 Å². The Hall–Kier alpha value is -2.45. The molecule has 26 heavy (non-hydrogen) atoms. The van der Waals surface area contributed by atoms with Crippen LogP contribution in [-0.2, 0) is 16.4 Å². The van der Waals surface area contributed by atoms with Gasteiger partial charge in [-0.2, -0.15) is 0 Å². The summed E-state index contributed by atoms with van der Waals surface area (Å²) in [6.45, 7) is 3.81. The Morgan fingerprint density at radius 3 is 2.54 bits per heavy atom. The van der Waals surface area contributed by atoms with Crippen LogP contribution < -0.4 is 15.4 Å². The van der Waals surface area contributed by atoms with Gasteiger partial charge in [0.15, 0.2) is 0 Å². The Bertz CT molecular complexity index is 905. The first-order chi connectivity index (χ1) is 12.4. The van der Waals surface area contributed by atoms with E-state index in [9.17, 15) is 13.2 Å². The van der Waals surface area contributed by atoms with Crippen LogP contribution >= 0.6 is 0 Å². The lowest BCUT2D eigenvalue weighted by atomic mass is 10.1. The molecule has 1 fully saturated rings. The second-order valence-corrected chi connectivity index (χ2v) is 7.80. The van der Waals surface area contributed by atoms with E-state index in [4.69, 9.17) is 5.14 Å². The lowest BCUT2D eigenvalue weighted by molar-refractivity contribution is 0.102. The summed E-state index contributed by atoms with van der Waals surface area (Å²) in [5.41, 5.74) is 1.40. The van der Waals surface area contributed by atoms with Crippen LogP contribution in [0.5, 0.6) is 0 Å². The average molecular weight is 374 g/mol. The van der Waals surface area contributed by atoms with E-state index in [1.807, 2.05) is 13.0 Å². The third-order valence-electron chi connectivity index (χ3n) is 4.45. The molecule has 1 aromatic carbocycles. The number of pyridine rings is 1. The molecule has 1 saturated heterocycles. The first-order valence-corrected chi connectivity index (χ1v) is 10.1. The number of rotatable bonds is 5. The maximum absolute atomic E-state index is 12.4. The topological polar surface area (TPSA) is 105 Å². The average Bonchev–Trinajstić information content (AvgIpc) is 3.15. The van der Waals surface area contributed by atoms with Gasteiger partial charge in [-0.1, -0.05) is 13.0 Å². The molecule has 8 heteroatoms. The summed E-state index contributed by atoms with van der Waals surface area (Å²) >= 11 is 0. The minimum absolute atomic E-state index is 0.0281. The number of carbonyl (C=O) groups excluding carboxylic acids is 1. The number of hydrogen-bond acceptors (Lipinski definition) is 5. The van der Waals surface area contributed by atoms with Crippen LogP contribution in [0.1, 0.15) is 35.7 Å². The maximum Gasteiger partial charge on any atom is 0.257 e. The summed E-state index contributed by atoms with van der Waals surface area (Å²) in [6.07, 6.45) is 4.37. The van der Waals surface area contributed by atoms with Crippen LogP contribution in [0, 0.1) is 0 Å². The van der Waals surface area contributed by atoms with Crippen LogP contribution in [-0.4, -0.2) is 32.4 Å². The molecule has 1 aromatic heterocycles. The van der Waals surface area contributed by atoms with Gasteiger partial charge in [-0.05, 0) is 49.1 Å². The molecule has 2 aromatic rings. The van der Waals surface area contributed by atoms with E-state index >= 15 is 0 Å². The monoisotopic (exact) mass is 374 g/mol. The standard InChI is InChI=1S/C18H22N4O3S/c1-2-13-5-7-15(11-16(13)26(19,24)25)21-18(23)14-6-8-17(20-12-14)22-9-3-4-10-22/h5-8,11-12H,2-4,9-10H2,1H3,(H,21,23)(H2,19,24,25). The predicted octanol–water partition coefficient (Wildman–Crippen LogP) is 2.14. The quantitative estimate of drug-likeness (QED) is 0.834. The summed E-state index contributed by atoms with van der Waals surface area (Å²) in [4.78, 5) is 19.0. The molecule has 0 bridgehead atoms. The van der Waals surface area contributed by atoms with E-state index in [0.717, 1.165) is 31.7 Å². The van der Waals surface area contributed by atoms with Crippen molar-refractivity contribution in [2.24, 2.45) is 5.14 Å². The molecule has 0 atom stereocenters. The first kappa shape index (κ1) is 18.3. The molecule has 0 spiro atoms. The molecule has 0 saturated carbocycles. The van der Waals surface area contributed by atoms with Crippen molar-refractivity contribution in [3.05, 3.63) is 47.7 Å². The Kier molecular flexibility index (Phi) is 5.24. The number of nitrogens with two attached hydrogens (primary N) is 1. The van der Waals surface area contributed by atoms with E-state index in [1.165, 1.54) is 12.3 Å². The van der Waals surface area contributed by atoms with Crippen molar-refractivity contribution in [1.29, 1.82) is 0 Å². The Morgan fingerprint density at radius 1 is 1.23 bits per heavy atom. The third-order valence-corrected chi connectivity index (χ3v) is 5.45. The van der Waals surface area contributed by atoms with Gasteiger partial charge in [0.25, 0.3) is 5.91 Å². The lowest BCUT2D eigenvalue weighted by Gasteiger charge is -2.16. The molecule has 7 nitrogen and oxygen atoms in total. The minimum Gasteiger partial charge on any atom is -0.357 e. The molecule has 138 valence electrons. The summed E-state index contributed by atoms with van der Waals surface area (Å²) in [5.74, 6) is 0.512. The van der Waals surface area contributed by atoms with Gasteiger partial charge in [-0.3, -0.25) is 4.79 Å². The zero-order valence-electron chi connectivity index (χ0n) is 14.6. The van der Waals surface area contributed by atoms with Gasteiger partial charge >= 0.3 is 0 Å². The summed E-state index contributed by atoms with van der Waals surface area (Å²) in [6, 6.07) is 8.26. The van der Waals surface area contributed by atoms with E-state index in [0.29, 0.717) is 23.2 Å². The van der Waals surface area contributed by atoms with E-state index < -0.39 is 10.0 Å². The van der Waals surface area contributed by atoms with Gasteiger partial charge in [0.05, 0.1) is 10.5 Å². The first-order valence-electron chi connectivity index (χ1n) is 8.56. The number of carbonyl (C=O) groups is 1. The zero-order chi connectivity index (χ0) is 18.7. The number of anilines is 2. The normalized spacial score (nSPS) is 14.5. The van der Waals surface area contributed by atoms with E-state index in [-0.39, 0.29) is 10.8 Å². The van der Waals surface area contributed by atoms with Gasteiger partial charge in [0, 0.05) is 25.0 Å². The molecule has 0 unspecified atom stereocenters. The highest BCUT2D eigenvalue weighted by atomic mass is 32.2. The Labute approximate surface area is 153 Å². The van der Waals surface area contributed by atoms with Crippen LogP contribution in [0.15, 0.2) is 41.4 Å². The fraction of sp³-hybridized carbons (Fsp3) is 0.333. The number of amides is 1. The number of hydrogen-bond donors (Lipinski definition) is 2. The van der Waals surface area contributed by atoms with Gasteiger partial charge in [0.2, 0.25) is 10.0 Å². The van der Waals surface area contributed by atoms with Crippen molar-refractivity contribution in [3.8, 4) is 0 Å². The lowest BCUT2D eigenvalue weighted by Crippen LogP contribution is -2.19. The fourth-order valence-electron chi connectivity index (χ4n) is 3.05. The second kappa shape index (κ2) is 7.43. The molecular weight excluding hydrogens is 352 g/mol. The highest BCUT2D eigenvalue weighted by Gasteiger charge is 2.16. The summed E-state index contributed by atoms with van der Waals surface area (Å²) < 4.78 is 23.5. The van der Waals surface area contributed by atoms with Crippen molar-refractivity contribution in [2.45, 2.75) is 31.1 Å². The van der Waals surface area contributed by atoms with Crippen LogP contribution in [0.3, 0.4) is 0 Å². The number of aromatic nitrogens is 1. The van der Waals surface area contributed by atoms with Crippen molar-refractivity contribution in [3.63, 3.8) is 0 Å². The number of aryl methyl sites for hydroxylation is 1. The largest absolute Gasteiger partial charge is 0.357 e. The molecule has 0 radical (unpaired) electrons. The zero-order valence-corrected chi connectivity index (χ0v) is 15.4. The van der Waals surface area contributed by atoms with Crippen molar-refractivity contribution < 1.29 is 13.2 Å². The fourth-order valence-corrected chi connectivity index (χ4v) is 3.92. The highest BCUT2D eigenvalue weighted by molar-refractivity contribution is 7.89.